The molecule has 0 radical (unpaired) electrons. The second-order valence-electron chi connectivity index (χ2n) is 7.08. The Bertz CT molecular complexity index is 797. The number of rotatable bonds is 7. The summed E-state index contributed by atoms with van der Waals surface area (Å²) < 4.78 is 7.18. The summed E-state index contributed by atoms with van der Waals surface area (Å²) in [7, 11) is 0. The van der Waals surface area contributed by atoms with Gasteiger partial charge in [0.15, 0.2) is 5.96 Å². The van der Waals surface area contributed by atoms with Crippen molar-refractivity contribution in [3.8, 4) is 0 Å². The van der Waals surface area contributed by atoms with Gasteiger partial charge in [-0.2, -0.15) is 0 Å². The Labute approximate surface area is 171 Å². The molecule has 0 aliphatic carbocycles. The Kier molecular flexibility index (Phi) is 7.49. The van der Waals surface area contributed by atoms with Gasteiger partial charge in [-0.05, 0) is 25.3 Å². The van der Waals surface area contributed by atoms with Gasteiger partial charge in [0.05, 0.1) is 6.61 Å². The number of carbonyl (C=O) groups excluding carboxylic acids is 1. The fraction of sp³-hybridized carbons (Fsp3) is 0.476. The Hall–Kier alpha value is -3.03. The summed E-state index contributed by atoms with van der Waals surface area (Å²) in [6.45, 7) is 4.93. The molecule has 1 saturated heterocycles. The van der Waals surface area contributed by atoms with Gasteiger partial charge in [-0.25, -0.2) is 9.78 Å². The van der Waals surface area contributed by atoms with Crippen LogP contribution in [0.15, 0.2) is 47.7 Å². The maximum Gasteiger partial charge on any atom is 0.409 e. The number of aromatic nitrogens is 2. The number of nitrogens with two attached hydrogens (primary N) is 1. The highest BCUT2D eigenvalue weighted by atomic mass is 16.6. The highest BCUT2D eigenvalue weighted by Crippen LogP contribution is 2.11. The Morgan fingerprint density at radius 2 is 2.07 bits per heavy atom. The number of likely N-dealkylation sites (tertiary alicyclic amines) is 1. The molecule has 1 aromatic heterocycles. The molecule has 0 bridgehead atoms. The molecule has 1 amide bonds. The van der Waals surface area contributed by atoms with Crippen LogP contribution in [-0.4, -0.2) is 58.8 Å². The van der Waals surface area contributed by atoms with Crippen LogP contribution in [0.2, 0.25) is 0 Å². The van der Waals surface area contributed by atoms with E-state index in [0.29, 0.717) is 32.2 Å². The second kappa shape index (κ2) is 10.5. The third-order valence-corrected chi connectivity index (χ3v) is 4.99. The summed E-state index contributed by atoms with van der Waals surface area (Å²) in [5, 5.41) is 3.27. The Balaban J connectivity index is 1.42. The molecule has 1 aliphatic rings. The first kappa shape index (κ1) is 20.7. The van der Waals surface area contributed by atoms with E-state index in [1.54, 1.807) is 4.90 Å². The third kappa shape index (κ3) is 6.23. The predicted molar refractivity (Wildman–Crippen MR) is 113 cm³/mol. The first-order chi connectivity index (χ1) is 14.2. The molecule has 2 aromatic rings. The molecule has 0 spiro atoms. The smallest absolute Gasteiger partial charge is 0.409 e. The molecule has 2 heterocycles. The molecule has 8 nitrogen and oxygen atoms in total. The van der Waals surface area contributed by atoms with Gasteiger partial charge in [0.1, 0.15) is 5.82 Å². The fourth-order valence-corrected chi connectivity index (χ4v) is 3.44. The lowest BCUT2D eigenvalue weighted by atomic mass is 10.1. The first-order valence-electron chi connectivity index (χ1n) is 10.2. The van der Waals surface area contributed by atoms with E-state index in [1.165, 1.54) is 5.56 Å². The van der Waals surface area contributed by atoms with Gasteiger partial charge in [-0.3, -0.25) is 4.99 Å². The highest BCUT2D eigenvalue weighted by Gasteiger charge is 2.23. The quantitative estimate of drug-likeness (QED) is 0.549. The summed E-state index contributed by atoms with van der Waals surface area (Å²) in [4.78, 5) is 22.4. The average molecular weight is 399 g/mol. The van der Waals surface area contributed by atoms with E-state index >= 15 is 0 Å². The van der Waals surface area contributed by atoms with E-state index in [9.17, 15) is 4.79 Å². The predicted octanol–water partition coefficient (Wildman–Crippen LogP) is 2.00. The number of aliphatic imine (C=N–C) groups is 1. The molecular weight excluding hydrogens is 368 g/mol. The number of nitrogens with one attached hydrogen (secondary N) is 1. The summed E-state index contributed by atoms with van der Waals surface area (Å²) in [6, 6.07) is 10.5. The van der Waals surface area contributed by atoms with Crippen LogP contribution in [0.1, 0.15) is 31.2 Å². The van der Waals surface area contributed by atoms with Crippen molar-refractivity contribution in [2.45, 2.75) is 38.8 Å². The first-order valence-corrected chi connectivity index (χ1v) is 10.2. The van der Waals surface area contributed by atoms with Gasteiger partial charge in [-0.15, -0.1) is 0 Å². The van der Waals surface area contributed by atoms with E-state index < -0.39 is 0 Å². The number of benzene rings is 1. The number of carbonyl (C=O) groups is 1. The minimum Gasteiger partial charge on any atom is -0.450 e. The fourth-order valence-electron chi connectivity index (χ4n) is 3.44. The summed E-state index contributed by atoms with van der Waals surface area (Å²) in [5.74, 6) is 1.44. The van der Waals surface area contributed by atoms with Crippen LogP contribution in [0.25, 0.3) is 0 Å². The zero-order valence-corrected chi connectivity index (χ0v) is 17.0. The van der Waals surface area contributed by atoms with Crippen molar-refractivity contribution in [3.63, 3.8) is 0 Å². The van der Waals surface area contributed by atoms with Crippen LogP contribution in [0.5, 0.6) is 0 Å². The highest BCUT2D eigenvalue weighted by molar-refractivity contribution is 5.78. The maximum absolute atomic E-state index is 11.8. The molecule has 3 rings (SSSR count). The van der Waals surface area contributed by atoms with Crippen molar-refractivity contribution in [1.82, 2.24) is 19.8 Å². The van der Waals surface area contributed by atoms with Gasteiger partial charge in [0.2, 0.25) is 0 Å². The Morgan fingerprint density at radius 1 is 1.31 bits per heavy atom. The van der Waals surface area contributed by atoms with Gasteiger partial charge in [0, 0.05) is 51.0 Å². The molecule has 156 valence electrons. The number of imidazole rings is 1. The number of piperidine rings is 1. The van der Waals surface area contributed by atoms with Crippen molar-refractivity contribution >= 4 is 12.1 Å². The van der Waals surface area contributed by atoms with Crippen LogP contribution in [-0.2, 0) is 17.7 Å². The molecular formula is C21H30N6O2. The molecule has 0 atom stereocenters. The second-order valence-corrected chi connectivity index (χ2v) is 7.08. The minimum absolute atomic E-state index is 0.226. The topological polar surface area (TPSA) is 97.8 Å². The van der Waals surface area contributed by atoms with E-state index in [-0.39, 0.29) is 12.1 Å². The molecule has 8 heteroatoms. The van der Waals surface area contributed by atoms with Crippen LogP contribution in [0.4, 0.5) is 4.79 Å². The molecule has 0 unspecified atom stereocenters. The summed E-state index contributed by atoms with van der Waals surface area (Å²) in [6.07, 6.45) is 5.96. The lowest BCUT2D eigenvalue weighted by molar-refractivity contribution is 0.0963. The van der Waals surface area contributed by atoms with E-state index in [4.69, 9.17) is 10.5 Å². The molecule has 1 aliphatic heterocycles. The average Bonchev–Trinajstić information content (AvgIpc) is 3.16. The van der Waals surface area contributed by atoms with Crippen LogP contribution >= 0.6 is 0 Å². The third-order valence-electron chi connectivity index (χ3n) is 4.99. The van der Waals surface area contributed by atoms with Crippen molar-refractivity contribution in [3.05, 3.63) is 54.1 Å². The number of nitrogens with zero attached hydrogens (tertiary/aromatic N) is 4. The molecule has 1 fully saturated rings. The largest absolute Gasteiger partial charge is 0.450 e. The number of guanidine groups is 1. The number of amides is 1. The van der Waals surface area contributed by atoms with Crippen molar-refractivity contribution < 1.29 is 9.53 Å². The van der Waals surface area contributed by atoms with Crippen molar-refractivity contribution in [2.24, 2.45) is 10.7 Å². The van der Waals surface area contributed by atoms with Crippen LogP contribution in [0, 0.1) is 0 Å². The van der Waals surface area contributed by atoms with E-state index in [0.717, 1.165) is 31.6 Å². The van der Waals surface area contributed by atoms with Gasteiger partial charge in [-0.1, -0.05) is 30.3 Å². The number of hydrogen-bond donors (Lipinski definition) is 2. The van der Waals surface area contributed by atoms with Gasteiger partial charge < -0.3 is 25.3 Å². The van der Waals surface area contributed by atoms with Gasteiger partial charge >= 0.3 is 6.09 Å². The number of hydrogen-bond acceptors (Lipinski definition) is 4. The standard InChI is InChI=1S/C21H30N6O2/c1-2-29-21(28)26-13-9-18(10-14-26)25-20(22)24-11-8-19-23-12-15-27(19)16-17-6-4-3-5-7-17/h3-7,12,15,18H,2,8-11,13-14,16H2,1H3,(H3,22,24,25). The lowest BCUT2D eigenvalue weighted by Gasteiger charge is -2.31. The zero-order chi connectivity index (χ0) is 20.5. The van der Waals surface area contributed by atoms with Crippen LogP contribution in [0.3, 0.4) is 0 Å². The van der Waals surface area contributed by atoms with Crippen molar-refractivity contribution in [2.75, 3.05) is 26.2 Å². The molecule has 0 saturated carbocycles. The molecule has 29 heavy (non-hydrogen) atoms. The van der Waals surface area contributed by atoms with Crippen LogP contribution < -0.4 is 11.1 Å². The summed E-state index contributed by atoms with van der Waals surface area (Å²) in [5.41, 5.74) is 7.30. The zero-order valence-electron chi connectivity index (χ0n) is 17.0. The molecule has 1 aromatic carbocycles. The normalized spacial score (nSPS) is 15.3. The van der Waals surface area contributed by atoms with E-state index in [1.807, 2.05) is 37.5 Å². The summed E-state index contributed by atoms with van der Waals surface area (Å²) >= 11 is 0. The minimum atomic E-state index is -0.237. The van der Waals surface area contributed by atoms with E-state index in [2.05, 4.69) is 32.0 Å². The molecule has 3 N–H and O–H groups in total. The lowest BCUT2D eigenvalue weighted by Crippen LogP contribution is -2.48. The SMILES string of the molecule is CCOC(=O)N1CCC(NC(N)=NCCc2nccn2Cc2ccccc2)CC1. The number of ether oxygens (including phenoxy) is 1. The Morgan fingerprint density at radius 3 is 2.79 bits per heavy atom. The monoisotopic (exact) mass is 398 g/mol. The van der Waals surface area contributed by atoms with Crippen molar-refractivity contribution in [1.29, 1.82) is 0 Å². The maximum atomic E-state index is 11.8. The van der Waals surface area contributed by atoms with Gasteiger partial charge in [0.25, 0.3) is 0 Å².